The highest BCUT2D eigenvalue weighted by molar-refractivity contribution is 5.46. The van der Waals surface area contributed by atoms with Gasteiger partial charge >= 0.3 is 0 Å². The Labute approximate surface area is 89.6 Å². The van der Waals surface area contributed by atoms with Crippen molar-refractivity contribution in [2.45, 2.75) is 6.92 Å². The molecule has 0 aliphatic rings. The minimum absolute atomic E-state index is 0.447. The summed E-state index contributed by atoms with van der Waals surface area (Å²) in [6, 6.07) is 7.10. The molecule has 0 unspecified atom stereocenters. The van der Waals surface area contributed by atoms with E-state index < -0.39 is 0 Å². The second-order valence-corrected chi connectivity index (χ2v) is 3.22. The summed E-state index contributed by atoms with van der Waals surface area (Å²) < 4.78 is 10.6. The first-order valence-corrected chi connectivity index (χ1v) is 4.52. The molecule has 0 heterocycles. The summed E-state index contributed by atoms with van der Waals surface area (Å²) >= 11 is 0. The van der Waals surface area contributed by atoms with Crippen LogP contribution < -0.4 is 9.47 Å². The van der Waals surface area contributed by atoms with E-state index in [2.05, 4.69) is 6.58 Å². The number of ether oxygens (including phenoxy) is 2. The van der Waals surface area contributed by atoms with Crippen LogP contribution in [0, 0.1) is 11.3 Å². The monoisotopic (exact) mass is 203 g/mol. The number of nitrogens with zero attached hydrogens (tertiary/aromatic N) is 1. The largest absolute Gasteiger partial charge is 0.493 e. The Kier molecular flexibility index (Phi) is 3.75. The lowest BCUT2D eigenvalue weighted by Crippen LogP contribution is -1.99. The lowest BCUT2D eigenvalue weighted by Gasteiger charge is -2.10. The first kappa shape index (κ1) is 11.1. The third kappa shape index (κ3) is 3.03. The van der Waals surface area contributed by atoms with Crippen molar-refractivity contribution in [1.82, 2.24) is 0 Å². The van der Waals surface area contributed by atoms with Crippen LogP contribution in [0.25, 0.3) is 0 Å². The Bertz CT molecular complexity index is 405. The molecule has 0 fully saturated rings. The van der Waals surface area contributed by atoms with Gasteiger partial charge in [0.25, 0.3) is 0 Å². The van der Waals surface area contributed by atoms with Gasteiger partial charge in [-0.15, -0.1) is 0 Å². The average molecular weight is 203 g/mol. The highest BCUT2D eigenvalue weighted by Crippen LogP contribution is 2.27. The second kappa shape index (κ2) is 5.06. The molecule has 1 aromatic rings. The molecule has 0 amide bonds. The van der Waals surface area contributed by atoms with Crippen molar-refractivity contribution in [3.8, 4) is 17.6 Å². The van der Waals surface area contributed by atoms with Crippen LogP contribution in [0.1, 0.15) is 12.5 Å². The minimum atomic E-state index is 0.447. The number of rotatable bonds is 4. The molecule has 0 saturated heterocycles. The first-order chi connectivity index (χ1) is 7.17. The van der Waals surface area contributed by atoms with Gasteiger partial charge in [0, 0.05) is 6.07 Å². The molecule has 1 aromatic carbocycles. The van der Waals surface area contributed by atoms with E-state index in [1.165, 1.54) is 0 Å². The molecular formula is C12H13NO2. The van der Waals surface area contributed by atoms with E-state index in [0.717, 1.165) is 5.57 Å². The van der Waals surface area contributed by atoms with E-state index >= 15 is 0 Å². The summed E-state index contributed by atoms with van der Waals surface area (Å²) in [5.74, 6) is 1.19. The van der Waals surface area contributed by atoms with E-state index in [1.807, 2.05) is 13.0 Å². The van der Waals surface area contributed by atoms with Crippen LogP contribution in [0.5, 0.6) is 11.5 Å². The predicted octanol–water partition coefficient (Wildman–Crippen LogP) is 2.52. The summed E-state index contributed by atoms with van der Waals surface area (Å²) in [7, 11) is 1.55. The molecule has 0 saturated carbocycles. The molecule has 0 N–H and O–H groups in total. The lowest BCUT2D eigenvalue weighted by atomic mass is 10.2. The van der Waals surface area contributed by atoms with E-state index in [9.17, 15) is 0 Å². The van der Waals surface area contributed by atoms with Crippen molar-refractivity contribution < 1.29 is 9.47 Å². The zero-order valence-electron chi connectivity index (χ0n) is 8.91. The van der Waals surface area contributed by atoms with Crippen LogP contribution in [0.4, 0.5) is 0 Å². The van der Waals surface area contributed by atoms with Gasteiger partial charge in [0.2, 0.25) is 0 Å². The smallest absolute Gasteiger partial charge is 0.162 e. The van der Waals surface area contributed by atoms with Gasteiger partial charge in [-0.3, -0.25) is 0 Å². The van der Waals surface area contributed by atoms with Gasteiger partial charge in [0.1, 0.15) is 6.61 Å². The third-order valence-electron chi connectivity index (χ3n) is 1.77. The maximum absolute atomic E-state index is 8.71. The first-order valence-electron chi connectivity index (χ1n) is 4.52. The van der Waals surface area contributed by atoms with Crippen LogP contribution in [0.2, 0.25) is 0 Å². The normalized spacial score (nSPS) is 9.13. The Balaban J connectivity index is 2.88. The Morgan fingerprint density at radius 1 is 1.47 bits per heavy atom. The number of methoxy groups -OCH3 is 1. The number of hydrogen-bond acceptors (Lipinski definition) is 3. The number of hydrogen-bond donors (Lipinski definition) is 0. The summed E-state index contributed by atoms with van der Waals surface area (Å²) in [6.07, 6.45) is 0. The predicted molar refractivity (Wildman–Crippen MR) is 58.0 cm³/mol. The van der Waals surface area contributed by atoms with Crippen molar-refractivity contribution in [2.24, 2.45) is 0 Å². The van der Waals surface area contributed by atoms with Gasteiger partial charge in [-0.2, -0.15) is 5.26 Å². The fraction of sp³-hybridized carbons (Fsp3) is 0.250. The molecule has 3 heteroatoms. The topological polar surface area (TPSA) is 42.2 Å². The zero-order chi connectivity index (χ0) is 11.3. The lowest BCUT2D eigenvalue weighted by molar-refractivity contribution is 0.319. The summed E-state index contributed by atoms with van der Waals surface area (Å²) in [5, 5.41) is 8.71. The standard InChI is InChI=1S/C12H13NO2/c1-9(2)8-15-11-5-4-10(7-13)6-12(11)14-3/h4-6H,1,8H2,2-3H3. The maximum atomic E-state index is 8.71. The SMILES string of the molecule is C=C(C)COc1ccc(C#N)cc1OC. The Hall–Kier alpha value is -1.95. The fourth-order valence-corrected chi connectivity index (χ4v) is 1.06. The molecule has 0 atom stereocenters. The zero-order valence-corrected chi connectivity index (χ0v) is 8.91. The highest BCUT2D eigenvalue weighted by Gasteiger charge is 2.05. The quantitative estimate of drug-likeness (QED) is 0.706. The molecule has 15 heavy (non-hydrogen) atoms. The molecule has 0 radical (unpaired) electrons. The van der Waals surface area contributed by atoms with E-state index in [1.54, 1.807) is 25.3 Å². The van der Waals surface area contributed by atoms with Crippen LogP contribution in [0.15, 0.2) is 30.4 Å². The summed E-state index contributed by atoms with van der Waals surface area (Å²) in [5.41, 5.74) is 1.48. The van der Waals surface area contributed by atoms with Gasteiger partial charge in [0.15, 0.2) is 11.5 Å². The third-order valence-corrected chi connectivity index (χ3v) is 1.77. The summed E-state index contributed by atoms with van der Waals surface area (Å²) in [6.45, 7) is 6.07. The van der Waals surface area contributed by atoms with Gasteiger partial charge in [-0.25, -0.2) is 0 Å². The van der Waals surface area contributed by atoms with Crippen LogP contribution in [-0.4, -0.2) is 13.7 Å². The highest BCUT2D eigenvalue weighted by atomic mass is 16.5. The summed E-state index contributed by atoms with van der Waals surface area (Å²) in [4.78, 5) is 0. The molecule has 0 aliphatic carbocycles. The van der Waals surface area contributed by atoms with Gasteiger partial charge in [0.05, 0.1) is 18.7 Å². The van der Waals surface area contributed by atoms with E-state index in [4.69, 9.17) is 14.7 Å². The van der Waals surface area contributed by atoms with E-state index in [-0.39, 0.29) is 0 Å². The average Bonchev–Trinajstić information content (AvgIpc) is 2.25. The molecule has 3 nitrogen and oxygen atoms in total. The van der Waals surface area contributed by atoms with Crippen molar-refractivity contribution in [1.29, 1.82) is 5.26 Å². The molecule has 78 valence electrons. The number of benzene rings is 1. The fourth-order valence-electron chi connectivity index (χ4n) is 1.06. The van der Waals surface area contributed by atoms with Gasteiger partial charge < -0.3 is 9.47 Å². The van der Waals surface area contributed by atoms with Crippen molar-refractivity contribution >= 4 is 0 Å². The Morgan fingerprint density at radius 3 is 2.73 bits per heavy atom. The molecular weight excluding hydrogens is 190 g/mol. The molecule has 0 aliphatic heterocycles. The van der Waals surface area contributed by atoms with Crippen LogP contribution in [0.3, 0.4) is 0 Å². The second-order valence-electron chi connectivity index (χ2n) is 3.22. The molecule has 1 rings (SSSR count). The van der Waals surface area contributed by atoms with Crippen LogP contribution >= 0.6 is 0 Å². The van der Waals surface area contributed by atoms with E-state index in [0.29, 0.717) is 23.7 Å². The van der Waals surface area contributed by atoms with Gasteiger partial charge in [-0.05, 0) is 24.6 Å². The van der Waals surface area contributed by atoms with Gasteiger partial charge in [-0.1, -0.05) is 6.58 Å². The molecule has 0 bridgehead atoms. The maximum Gasteiger partial charge on any atom is 0.162 e. The molecule has 0 aromatic heterocycles. The number of nitriles is 1. The molecule has 0 spiro atoms. The van der Waals surface area contributed by atoms with Crippen molar-refractivity contribution in [3.05, 3.63) is 35.9 Å². The van der Waals surface area contributed by atoms with Crippen molar-refractivity contribution in [3.63, 3.8) is 0 Å². The van der Waals surface area contributed by atoms with Crippen molar-refractivity contribution in [2.75, 3.05) is 13.7 Å². The Morgan fingerprint density at radius 2 is 2.20 bits per heavy atom. The van der Waals surface area contributed by atoms with Crippen LogP contribution in [-0.2, 0) is 0 Å². The minimum Gasteiger partial charge on any atom is -0.493 e.